The van der Waals surface area contributed by atoms with Crippen LogP contribution in [0.4, 0.5) is 13.6 Å². The highest BCUT2D eigenvalue weighted by atomic mass is 19.3. The molecule has 35 heavy (non-hydrogen) atoms. The van der Waals surface area contributed by atoms with Crippen molar-refractivity contribution < 1.29 is 33.0 Å². The molecule has 3 atom stereocenters. The summed E-state index contributed by atoms with van der Waals surface area (Å²) in [5.74, 6) is -8.04. The normalized spacial score (nSPS) is 21.4. The van der Waals surface area contributed by atoms with Crippen LogP contribution in [0.25, 0.3) is 11.1 Å². The SMILES string of the molecule is O=C(NC(C1CC1)C(F)(F)C(=O)NC[C@H]1C[C@H]1C(=O)O)OCC1c2ccccc2-c2ccccc21. The molecule has 2 aromatic carbocycles. The van der Waals surface area contributed by atoms with Crippen molar-refractivity contribution in [1.29, 1.82) is 0 Å². The van der Waals surface area contributed by atoms with Crippen molar-refractivity contribution in [2.24, 2.45) is 17.8 Å². The fraction of sp³-hybridized carbons (Fsp3) is 0.423. The molecular weight excluding hydrogens is 458 g/mol. The fourth-order valence-corrected chi connectivity index (χ4v) is 4.96. The van der Waals surface area contributed by atoms with Gasteiger partial charge >= 0.3 is 18.0 Å². The Morgan fingerprint density at radius 1 is 1.03 bits per heavy atom. The molecule has 0 aliphatic heterocycles. The number of nitrogens with one attached hydrogen (secondary N) is 2. The molecule has 184 valence electrons. The van der Waals surface area contributed by atoms with Gasteiger partial charge in [-0.3, -0.25) is 9.59 Å². The van der Waals surface area contributed by atoms with Crippen LogP contribution in [0.3, 0.4) is 0 Å². The summed E-state index contributed by atoms with van der Waals surface area (Å²) < 4.78 is 35.4. The third-order valence-corrected chi connectivity index (χ3v) is 7.17. The molecule has 0 heterocycles. The van der Waals surface area contributed by atoms with Gasteiger partial charge in [0.25, 0.3) is 5.91 Å². The van der Waals surface area contributed by atoms with E-state index < -0.39 is 41.8 Å². The first kappa shape index (κ1) is 23.3. The maximum Gasteiger partial charge on any atom is 0.407 e. The van der Waals surface area contributed by atoms with Gasteiger partial charge in [0.2, 0.25) is 0 Å². The van der Waals surface area contributed by atoms with Crippen molar-refractivity contribution in [3.8, 4) is 11.1 Å². The number of carboxylic acid groups (broad SMARTS) is 1. The van der Waals surface area contributed by atoms with Gasteiger partial charge in [0.1, 0.15) is 12.6 Å². The lowest BCUT2D eigenvalue weighted by Crippen LogP contribution is -2.57. The van der Waals surface area contributed by atoms with Crippen LogP contribution in [0.2, 0.25) is 0 Å². The zero-order valence-corrected chi connectivity index (χ0v) is 18.9. The number of alkyl halides is 2. The van der Waals surface area contributed by atoms with E-state index in [-0.39, 0.29) is 25.0 Å². The monoisotopic (exact) mass is 484 g/mol. The molecule has 1 unspecified atom stereocenters. The van der Waals surface area contributed by atoms with Crippen LogP contribution in [0.5, 0.6) is 0 Å². The second-order valence-electron chi connectivity index (χ2n) is 9.56. The van der Waals surface area contributed by atoms with Crippen molar-refractivity contribution in [3.63, 3.8) is 0 Å². The Kier molecular flexibility index (Phi) is 5.94. The van der Waals surface area contributed by atoms with Crippen LogP contribution in [0.1, 0.15) is 36.3 Å². The Morgan fingerprint density at radius 3 is 2.17 bits per heavy atom. The molecule has 0 aromatic heterocycles. The van der Waals surface area contributed by atoms with Crippen molar-refractivity contribution >= 4 is 18.0 Å². The van der Waals surface area contributed by atoms with Gasteiger partial charge in [0, 0.05) is 12.5 Å². The molecule has 3 N–H and O–H groups in total. The number of fused-ring (bicyclic) bond motifs is 3. The number of ether oxygens (including phenoxy) is 1. The number of aliphatic carboxylic acids is 1. The Hall–Kier alpha value is -3.49. The van der Waals surface area contributed by atoms with Crippen LogP contribution in [0, 0.1) is 17.8 Å². The molecular formula is C26H26F2N2O5. The molecule has 2 amide bonds. The number of carbonyl (C=O) groups is 3. The number of hydrogen-bond donors (Lipinski definition) is 3. The molecule has 3 aliphatic rings. The number of carboxylic acids is 1. The van der Waals surface area contributed by atoms with E-state index in [0.29, 0.717) is 19.3 Å². The van der Waals surface area contributed by atoms with E-state index in [1.54, 1.807) is 0 Å². The summed E-state index contributed by atoms with van der Waals surface area (Å²) in [5.41, 5.74) is 4.11. The summed E-state index contributed by atoms with van der Waals surface area (Å²) in [4.78, 5) is 35.7. The lowest BCUT2D eigenvalue weighted by Gasteiger charge is -2.27. The molecule has 9 heteroatoms. The molecule has 0 radical (unpaired) electrons. The van der Waals surface area contributed by atoms with Gasteiger partial charge in [-0.15, -0.1) is 0 Å². The van der Waals surface area contributed by atoms with Gasteiger partial charge in [0.05, 0.1) is 5.92 Å². The minimum Gasteiger partial charge on any atom is -0.481 e. The molecule has 0 bridgehead atoms. The summed E-state index contributed by atoms with van der Waals surface area (Å²) in [6, 6.07) is 13.9. The van der Waals surface area contributed by atoms with E-state index in [9.17, 15) is 23.2 Å². The van der Waals surface area contributed by atoms with Crippen molar-refractivity contribution in [1.82, 2.24) is 10.6 Å². The fourth-order valence-electron chi connectivity index (χ4n) is 4.96. The standard InChI is InChI=1S/C26H26F2N2O5/c27-26(28,24(33)29-12-15-11-20(15)23(31)32)22(14-9-10-14)30-25(34)35-13-21-18-7-3-1-5-16(18)17-6-2-4-8-19(17)21/h1-8,14-15,20-22H,9-13H2,(H,29,33)(H,30,34)(H,31,32)/t15-,20-,22?/m1/s1. The molecule has 2 saturated carbocycles. The third kappa shape index (κ3) is 4.59. The number of hydrogen-bond acceptors (Lipinski definition) is 4. The summed E-state index contributed by atoms with van der Waals surface area (Å²) in [5, 5.41) is 13.3. The predicted molar refractivity (Wildman–Crippen MR) is 122 cm³/mol. The highest BCUT2D eigenvalue weighted by Gasteiger charge is 2.55. The molecule has 3 aliphatic carbocycles. The largest absolute Gasteiger partial charge is 0.481 e. The summed E-state index contributed by atoms with van der Waals surface area (Å²) in [6.45, 7) is -0.152. The maximum absolute atomic E-state index is 15.0. The average molecular weight is 484 g/mol. The summed E-state index contributed by atoms with van der Waals surface area (Å²) in [7, 11) is 0. The van der Waals surface area contributed by atoms with E-state index in [2.05, 4.69) is 10.6 Å². The van der Waals surface area contributed by atoms with Crippen molar-refractivity contribution in [2.75, 3.05) is 13.2 Å². The van der Waals surface area contributed by atoms with E-state index in [1.807, 2.05) is 48.5 Å². The second-order valence-corrected chi connectivity index (χ2v) is 9.56. The number of benzene rings is 2. The molecule has 0 spiro atoms. The molecule has 5 rings (SSSR count). The second kappa shape index (κ2) is 8.94. The topological polar surface area (TPSA) is 105 Å². The first-order chi connectivity index (χ1) is 16.8. The van der Waals surface area contributed by atoms with E-state index in [1.165, 1.54) is 0 Å². The first-order valence-corrected chi connectivity index (χ1v) is 11.8. The highest BCUT2D eigenvalue weighted by Crippen LogP contribution is 2.45. The number of rotatable bonds is 9. The minimum absolute atomic E-state index is 0.0206. The predicted octanol–water partition coefficient (Wildman–Crippen LogP) is 3.78. The van der Waals surface area contributed by atoms with Crippen molar-refractivity contribution in [3.05, 3.63) is 59.7 Å². The molecule has 7 nitrogen and oxygen atoms in total. The third-order valence-electron chi connectivity index (χ3n) is 7.17. The molecule has 0 saturated heterocycles. The average Bonchev–Trinajstić information content (AvgIpc) is 3.77. The molecule has 2 fully saturated rings. The van der Waals surface area contributed by atoms with E-state index in [0.717, 1.165) is 22.3 Å². The lowest BCUT2D eigenvalue weighted by molar-refractivity contribution is -0.151. The zero-order chi connectivity index (χ0) is 24.7. The van der Waals surface area contributed by atoms with Gasteiger partial charge in [-0.2, -0.15) is 8.78 Å². The lowest BCUT2D eigenvalue weighted by atomic mass is 9.98. The first-order valence-electron chi connectivity index (χ1n) is 11.8. The van der Waals surface area contributed by atoms with E-state index in [4.69, 9.17) is 9.84 Å². The van der Waals surface area contributed by atoms with Crippen LogP contribution in [-0.2, 0) is 14.3 Å². The Balaban J connectivity index is 1.21. The number of carbonyl (C=O) groups excluding carboxylic acids is 2. The van der Waals surface area contributed by atoms with Gasteiger partial charge < -0.3 is 20.5 Å². The number of halogens is 2. The zero-order valence-electron chi connectivity index (χ0n) is 18.9. The smallest absolute Gasteiger partial charge is 0.407 e. The summed E-state index contributed by atoms with van der Waals surface area (Å²) >= 11 is 0. The summed E-state index contributed by atoms with van der Waals surface area (Å²) in [6.07, 6.45) is 0.303. The molecule has 2 aromatic rings. The van der Waals surface area contributed by atoms with Gasteiger partial charge in [0.15, 0.2) is 0 Å². The van der Waals surface area contributed by atoms with Crippen LogP contribution in [0.15, 0.2) is 48.5 Å². The Morgan fingerprint density at radius 2 is 1.63 bits per heavy atom. The highest BCUT2D eigenvalue weighted by molar-refractivity contribution is 5.85. The Labute approximate surface area is 200 Å². The minimum atomic E-state index is -3.85. The van der Waals surface area contributed by atoms with E-state index >= 15 is 0 Å². The van der Waals surface area contributed by atoms with Gasteiger partial charge in [-0.25, -0.2) is 4.79 Å². The van der Waals surface area contributed by atoms with Crippen LogP contribution in [-0.4, -0.2) is 48.2 Å². The Bertz CT molecular complexity index is 1120. The van der Waals surface area contributed by atoms with Crippen LogP contribution < -0.4 is 10.6 Å². The van der Waals surface area contributed by atoms with Crippen molar-refractivity contribution in [2.45, 2.75) is 37.1 Å². The van der Waals surface area contributed by atoms with Gasteiger partial charge in [-0.1, -0.05) is 48.5 Å². The quantitative estimate of drug-likeness (QED) is 0.503. The maximum atomic E-state index is 15.0. The van der Waals surface area contributed by atoms with Crippen LogP contribution >= 0.6 is 0 Å². The number of amides is 2. The van der Waals surface area contributed by atoms with Gasteiger partial charge in [-0.05, 0) is 53.4 Å². The number of alkyl carbamates (subject to hydrolysis) is 1.